The second-order valence-electron chi connectivity index (χ2n) is 6.13. The van der Waals surface area contributed by atoms with E-state index in [1.165, 1.54) is 0 Å². The third-order valence-corrected chi connectivity index (χ3v) is 4.59. The largest absolute Gasteiger partial charge is 0.484 e. The monoisotopic (exact) mass is 412 g/mol. The Bertz CT molecular complexity index is 984. The number of anilines is 1. The van der Waals surface area contributed by atoms with E-state index in [2.05, 4.69) is 10.3 Å². The van der Waals surface area contributed by atoms with E-state index in [0.717, 1.165) is 16.8 Å². The number of halogens is 2. The Balaban J connectivity index is 1.52. The van der Waals surface area contributed by atoms with Gasteiger partial charge in [0.05, 0.1) is 15.7 Å². The van der Waals surface area contributed by atoms with Crippen molar-refractivity contribution in [2.75, 3.05) is 11.9 Å². The maximum atomic E-state index is 12.0. The Morgan fingerprint density at radius 1 is 1.00 bits per heavy atom. The summed E-state index contributed by atoms with van der Waals surface area (Å²) in [5, 5.41) is 3.75. The molecular formula is C22H18Cl2N2O2. The number of hydrogen-bond donors (Lipinski definition) is 1. The van der Waals surface area contributed by atoms with Crippen molar-refractivity contribution in [2.45, 2.75) is 6.92 Å². The predicted octanol–water partition coefficient (Wildman–Crippen LogP) is 6.07. The zero-order valence-electron chi connectivity index (χ0n) is 15.2. The van der Waals surface area contributed by atoms with Gasteiger partial charge < -0.3 is 10.1 Å². The Morgan fingerprint density at radius 2 is 1.71 bits per heavy atom. The van der Waals surface area contributed by atoms with Crippen molar-refractivity contribution in [1.29, 1.82) is 0 Å². The molecule has 3 rings (SSSR count). The van der Waals surface area contributed by atoms with Crippen LogP contribution in [-0.2, 0) is 4.79 Å². The molecule has 1 N–H and O–H groups in total. The van der Waals surface area contributed by atoms with Crippen molar-refractivity contribution in [3.8, 4) is 5.75 Å². The highest BCUT2D eigenvalue weighted by Gasteiger charge is 2.04. The number of rotatable bonds is 6. The van der Waals surface area contributed by atoms with Gasteiger partial charge in [-0.3, -0.25) is 9.79 Å². The number of nitrogens with zero attached hydrogens (tertiary/aromatic N) is 1. The van der Waals surface area contributed by atoms with Gasteiger partial charge in [0.2, 0.25) is 0 Å². The Hall–Kier alpha value is -2.82. The Labute approximate surface area is 173 Å². The van der Waals surface area contributed by atoms with Crippen LogP contribution < -0.4 is 10.1 Å². The van der Waals surface area contributed by atoms with Gasteiger partial charge in [-0.1, -0.05) is 40.9 Å². The number of aryl methyl sites for hydroxylation is 1. The Kier molecular flexibility index (Phi) is 6.69. The van der Waals surface area contributed by atoms with Crippen LogP contribution in [-0.4, -0.2) is 18.7 Å². The summed E-state index contributed by atoms with van der Waals surface area (Å²) in [5.41, 5.74) is 3.48. The molecule has 0 unspecified atom stereocenters. The molecule has 0 saturated heterocycles. The summed E-state index contributed by atoms with van der Waals surface area (Å²) in [7, 11) is 0. The summed E-state index contributed by atoms with van der Waals surface area (Å²) in [6.45, 7) is 1.93. The van der Waals surface area contributed by atoms with Crippen molar-refractivity contribution in [3.05, 3.63) is 87.9 Å². The van der Waals surface area contributed by atoms with E-state index in [4.69, 9.17) is 27.9 Å². The van der Waals surface area contributed by atoms with Gasteiger partial charge in [-0.25, -0.2) is 0 Å². The predicted molar refractivity (Wildman–Crippen MR) is 115 cm³/mol. The lowest BCUT2D eigenvalue weighted by Crippen LogP contribution is -2.20. The Morgan fingerprint density at radius 3 is 2.39 bits per heavy atom. The molecule has 28 heavy (non-hydrogen) atoms. The van der Waals surface area contributed by atoms with Crippen molar-refractivity contribution in [1.82, 2.24) is 0 Å². The number of hydrogen-bond acceptors (Lipinski definition) is 3. The van der Waals surface area contributed by atoms with E-state index in [9.17, 15) is 4.79 Å². The van der Waals surface area contributed by atoms with Gasteiger partial charge in [-0.15, -0.1) is 0 Å². The lowest BCUT2D eigenvalue weighted by Gasteiger charge is -2.08. The molecule has 0 fully saturated rings. The quantitative estimate of drug-likeness (QED) is 0.499. The van der Waals surface area contributed by atoms with Crippen LogP contribution in [0.5, 0.6) is 5.75 Å². The zero-order valence-corrected chi connectivity index (χ0v) is 16.7. The van der Waals surface area contributed by atoms with Gasteiger partial charge >= 0.3 is 0 Å². The molecule has 0 bridgehead atoms. The standard InChI is InChI=1S/C22H18Cl2N2O2/c1-15-2-6-17(7-3-15)26-22(27)14-28-19-9-4-16(5-10-19)13-25-18-8-11-20(23)21(24)12-18/h2-13H,14H2,1H3,(H,26,27). The zero-order chi connectivity index (χ0) is 19.9. The summed E-state index contributed by atoms with van der Waals surface area (Å²) >= 11 is 11.9. The second kappa shape index (κ2) is 9.40. The first-order valence-electron chi connectivity index (χ1n) is 8.58. The number of ether oxygens (including phenoxy) is 1. The van der Waals surface area contributed by atoms with E-state index in [1.807, 2.05) is 43.3 Å². The van der Waals surface area contributed by atoms with Crippen LogP contribution >= 0.6 is 23.2 Å². The normalized spacial score (nSPS) is 10.8. The first-order chi connectivity index (χ1) is 13.5. The summed E-state index contributed by atoms with van der Waals surface area (Å²) in [6, 6.07) is 20.1. The van der Waals surface area contributed by atoms with Crippen LogP contribution in [0.25, 0.3) is 0 Å². The van der Waals surface area contributed by atoms with E-state index in [-0.39, 0.29) is 12.5 Å². The number of benzene rings is 3. The summed E-state index contributed by atoms with van der Waals surface area (Å²) in [6.07, 6.45) is 1.72. The molecule has 0 saturated carbocycles. The SMILES string of the molecule is Cc1ccc(NC(=O)COc2ccc(C=Nc3ccc(Cl)c(Cl)c3)cc2)cc1. The van der Waals surface area contributed by atoms with Crippen LogP contribution in [0, 0.1) is 6.92 Å². The maximum Gasteiger partial charge on any atom is 0.262 e. The van der Waals surface area contributed by atoms with Crippen LogP contribution in [0.2, 0.25) is 10.0 Å². The van der Waals surface area contributed by atoms with E-state index in [0.29, 0.717) is 21.5 Å². The molecule has 0 aliphatic heterocycles. The van der Waals surface area contributed by atoms with Gasteiger partial charge in [0.1, 0.15) is 5.75 Å². The molecule has 142 valence electrons. The fraction of sp³-hybridized carbons (Fsp3) is 0.0909. The van der Waals surface area contributed by atoms with Gasteiger partial charge in [0, 0.05) is 11.9 Å². The molecule has 0 radical (unpaired) electrons. The van der Waals surface area contributed by atoms with Crippen LogP contribution in [0.1, 0.15) is 11.1 Å². The topological polar surface area (TPSA) is 50.7 Å². The minimum absolute atomic E-state index is 0.0649. The summed E-state index contributed by atoms with van der Waals surface area (Å²) in [5.74, 6) is 0.389. The van der Waals surface area contributed by atoms with E-state index in [1.54, 1.807) is 36.5 Å². The molecular weight excluding hydrogens is 395 g/mol. The summed E-state index contributed by atoms with van der Waals surface area (Å²) < 4.78 is 5.52. The maximum absolute atomic E-state index is 12.0. The molecule has 3 aromatic carbocycles. The average Bonchev–Trinajstić information content (AvgIpc) is 2.70. The third kappa shape index (κ3) is 5.84. The fourth-order valence-electron chi connectivity index (χ4n) is 2.35. The number of amides is 1. The molecule has 0 aliphatic carbocycles. The number of aliphatic imine (C=N–C) groups is 1. The molecule has 0 aromatic heterocycles. The van der Waals surface area contributed by atoms with Crippen molar-refractivity contribution in [2.24, 2.45) is 4.99 Å². The van der Waals surface area contributed by atoms with Crippen molar-refractivity contribution < 1.29 is 9.53 Å². The minimum Gasteiger partial charge on any atom is -0.484 e. The van der Waals surface area contributed by atoms with E-state index >= 15 is 0 Å². The smallest absolute Gasteiger partial charge is 0.262 e. The first kappa shape index (κ1) is 19.9. The fourth-order valence-corrected chi connectivity index (χ4v) is 2.64. The van der Waals surface area contributed by atoms with Gasteiger partial charge in [-0.05, 0) is 67.1 Å². The highest BCUT2D eigenvalue weighted by molar-refractivity contribution is 6.42. The molecule has 4 nitrogen and oxygen atoms in total. The van der Waals surface area contributed by atoms with Gasteiger partial charge in [-0.2, -0.15) is 0 Å². The molecule has 0 heterocycles. The highest BCUT2D eigenvalue weighted by atomic mass is 35.5. The summed E-state index contributed by atoms with van der Waals surface area (Å²) in [4.78, 5) is 16.3. The van der Waals surface area contributed by atoms with Crippen LogP contribution in [0.3, 0.4) is 0 Å². The van der Waals surface area contributed by atoms with Crippen molar-refractivity contribution in [3.63, 3.8) is 0 Å². The molecule has 0 spiro atoms. The number of carbonyl (C=O) groups is 1. The van der Waals surface area contributed by atoms with E-state index < -0.39 is 0 Å². The highest BCUT2D eigenvalue weighted by Crippen LogP contribution is 2.26. The molecule has 1 amide bonds. The average molecular weight is 413 g/mol. The number of nitrogens with one attached hydrogen (secondary N) is 1. The minimum atomic E-state index is -0.214. The van der Waals surface area contributed by atoms with Gasteiger partial charge in [0.15, 0.2) is 6.61 Å². The molecule has 0 aliphatic rings. The second-order valence-corrected chi connectivity index (χ2v) is 6.94. The van der Waals surface area contributed by atoms with Crippen molar-refractivity contribution >= 4 is 46.7 Å². The number of carbonyl (C=O) groups excluding carboxylic acids is 1. The lowest BCUT2D eigenvalue weighted by molar-refractivity contribution is -0.118. The molecule has 0 atom stereocenters. The molecule has 3 aromatic rings. The first-order valence-corrected chi connectivity index (χ1v) is 9.34. The van der Waals surface area contributed by atoms with Crippen LogP contribution in [0.15, 0.2) is 71.7 Å². The lowest BCUT2D eigenvalue weighted by atomic mass is 10.2. The molecule has 6 heteroatoms. The third-order valence-electron chi connectivity index (χ3n) is 3.85. The van der Waals surface area contributed by atoms with Crippen LogP contribution in [0.4, 0.5) is 11.4 Å². The van der Waals surface area contributed by atoms with Gasteiger partial charge in [0.25, 0.3) is 5.91 Å².